The highest BCUT2D eigenvalue weighted by molar-refractivity contribution is 4.82. The molecule has 0 aromatic rings. The first-order chi connectivity index (χ1) is 11.6. The maximum atomic E-state index is 6.45. The lowest BCUT2D eigenvalue weighted by Crippen LogP contribution is -2.40. The molecule has 0 aliphatic heterocycles. The molecule has 158 valence electrons. The van der Waals surface area contributed by atoms with Crippen LogP contribution in [0.4, 0.5) is 0 Å². The summed E-state index contributed by atoms with van der Waals surface area (Å²) in [6, 6.07) is 0. The van der Waals surface area contributed by atoms with Gasteiger partial charge < -0.3 is 14.2 Å². The maximum Gasteiger partial charge on any atom is 0.0655 e. The zero-order valence-corrected chi connectivity index (χ0v) is 19.7. The van der Waals surface area contributed by atoms with E-state index >= 15 is 0 Å². The molecule has 0 radical (unpaired) electrons. The predicted octanol–water partition coefficient (Wildman–Crippen LogP) is 6.63. The predicted molar refractivity (Wildman–Crippen MR) is 113 cm³/mol. The first-order valence-corrected chi connectivity index (χ1v) is 10.6. The molecule has 26 heavy (non-hydrogen) atoms. The van der Waals surface area contributed by atoms with Gasteiger partial charge in [-0.2, -0.15) is 0 Å². The molecule has 0 bridgehead atoms. The van der Waals surface area contributed by atoms with Crippen molar-refractivity contribution in [1.29, 1.82) is 0 Å². The Balaban J connectivity index is 4.18. The van der Waals surface area contributed by atoms with E-state index in [0.29, 0.717) is 12.0 Å². The Morgan fingerprint density at radius 2 is 1.31 bits per heavy atom. The van der Waals surface area contributed by atoms with E-state index < -0.39 is 0 Å². The first kappa shape index (κ1) is 25.9. The fraction of sp³-hybridized carbons (Fsp3) is 1.00. The van der Waals surface area contributed by atoms with Crippen LogP contribution in [0, 0.1) is 11.3 Å². The molecule has 0 amide bonds. The topological polar surface area (TPSA) is 27.7 Å². The second kappa shape index (κ2) is 11.0. The van der Waals surface area contributed by atoms with Crippen LogP contribution in [-0.2, 0) is 14.2 Å². The monoisotopic (exact) mass is 372 g/mol. The number of ether oxygens (including phenoxy) is 3. The highest BCUT2D eigenvalue weighted by Crippen LogP contribution is 2.33. The van der Waals surface area contributed by atoms with Gasteiger partial charge in [-0.3, -0.25) is 0 Å². The first-order valence-electron chi connectivity index (χ1n) is 10.6. The number of rotatable bonds is 13. The van der Waals surface area contributed by atoms with Crippen molar-refractivity contribution in [3.63, 3.8) is 0 Å². The highest BCUT2D eigenvalue weighted by atomic mass is 16.5. The highest BCUT2D eigenvalue weighted by Gasteiger charge is 2.32. The Kier molecular flexibility index (Phi) is 11.0. The summed E-state index contributed by atoms with van der Waals surface area (Å²) < 4.78 is 18.2. The SMILES string of the molecule is CC(C)OCCCC(C)C(C)OCCC(C)(C)OC(C)(C)CC(C)(C)C. The molecule has 0 saturated heterocycles. The van der Waals surface area contributed by atoms with Crippen molar-refractivity contribution in [2.24, 2.45) is 11.3 Å². The largest absolute Gasteiger partial charge is 0.379 e. The third-order valence-corrected chi connectivity index (χ3v) is 4.65. The average Bonchev–Trinajstić information content (AvgIpc) is 2.38. The fourth-order valence-corrected chi connectivity index (χ4v) is 3.73. The van der Waals surface area contributed by atoms with Crippen molar-refractivity contribution in [3.05, 3.63) is 0 Å². The zero-order valence-electron chi connectivity index (χ0n) is 19.7. The molecule has 0 spiro atoms. The van der Waals surface area contributed by atoms with Gasteiger partial charge in [0.1, 0.15) is 0 Å². The summed E-state index contributed by atoms with van der Waals surface area (Å²) in [4.78, 5) is 0. The molecule has 0 N–H and O–H groups in total. The molecule has 0 rings (SSSR count). The van der Waals surface area contributed by atoms with Gasteiger partial charge in [0.15, 0.2) is 0 Å². The fourth-order valence-electron chi connectivity index (χ4n) is 3.73. The van der Waals surface area contributed by atoms with Gasteiger partial charge in [-0.1, -0.05) is 27.7 Å². The minimum Gasteiger partial charge on any atom is -0.379 e. The van der Waals surface area contributed by atoms with E-state index in [1.165, 1.54) is 0 Å². The summed E-state index contributed by atoms with van der Waals surface area (Å²) in [7, 11) is 0. The molecule has 0 aliphatic carbocycles. The third kappa shape index (κ3) is 14.0. The van der Waals surface area contributed by atoms with Crippen LogP contribution in [0.5, 0.6) is 0 Å². The van der Waals surface area contributed by atoms with E-state index in [9.17, 15) is 0 Å². The average molecular weight is 373 g/mol. The molecule has 0 aromatic carbocycles. The quantitative estimate of drug-likeness (QED) is 0.339. The third-order valence-electron chi connectivity index (χ3n) is 4.65. The van der Waals surface area contributed by atoms with E-state index in [1.807, 2.05) is 0 Å². The zero-order chi connectivity index (χ0) is 20.6. The van der Waals surface area contributed by atoms with Gasteiger partial charge in [-0.05, 0) is 85.5 Å². The van der Waals surface area contributed by atoms with Gasteiger partial charge in [-0.15, -0.1) is 0 Å². The van der Waals surface area contributed by atoms with E-state index in [1.54, 1.807) is 0 Å². The summed E-state index contributed by atoms with van der Waals surface area (Å²) in [6.07, 6.45) is 4.79. The van der Waals surface area contributed by atoms with Crippen LogP contribution in [-0.4, -0.2) is 36.6 Å². The van der Waals surface area contributed by atoms with Crippen LogP contribution in [0.15, 0.2) is 0 Å². The molecule has 3 nitrogen and oxygen atoms in total. The van der Waals surface area contributed by atoms with Gasteiger partial charge in [-0.25, -0.2) is 0 Å². The van der Waals surface area contributed by atoms with Crippen LogP contribution in [0.1, 0.15) is 102 Å². The molecule has 2 atom stereocenters. The normalized spacial score (nSPS) is 16.2. The molecule has 3 heteroatoms. The van der Waals surface area contributed by atoms with Crippen molar-refractivity contribution in [2.45, 2.75) is 125 Å². The summed E-state index contributed by atoms with van der Waals surface area (Å²) in [5.74, 6) is 0.548. The Labute approximate surface area is 164 Å². The molecular formula is C23H48O3. The van der Waals surface area contributed by atoms with Crippen molar-refractivity contribution in [2.75, 3.05) is 13.2 Å². The molecule has 0 saturated carbocycles. The molecule has 2 unspecified atom stereocenters. The Bertz CT molecular complexity index is 366. The number of hydrogen-bond acceptors (Lipinski definition) is 3. The van der Waals surface area contributed by atoms with E-state index in [-0.39, 0.29) is 22.7 Å². The summed E-state index contributed by atoms with van der Waals surface area (Å²) in [6.45, 7) is 25.8. The van der Waals surface area contributed by atoms with E-state index in [2.05, 4.69) is 76.2 Å². The maximum absolute atomic E-state index is 6.45. The van der Waals surface area contributed by atoms with Crippen molar-refractivity contribution < 1.29 is 14.2 Å². The van der Waals surface area contributed by atoms with Gasteiger partial charge in [0, 0.05) is 13.2 Å². The van der Waals surface area contributed by atoms with Crippen LogP contribution in [0.2, 0.25) is 0 Å². The van der Waals surface area contributed by atoms with E-state index in [4.69, 9.17) is 14.2 Å². The lowest BCUT2D eigenvalue weighted by atomic mass is 9.83. The second-order valence-corrected chi connectivity index (χ2v) is 10.7. The van der Waals surface area contributed by atoms with Crippen molar-refractivity contribution in [1.82, 2.24) is 0 Å². The Morgan fingerprint density at radius 3 is 1.81 bits per heavy atom. The van der Waals surface area contributed by atoms with Crippen molar-refractivity contribution in [3.8, 4) is 0 Å². The van der Waals surface area contributed by atoms with Crippen LogP contribution < -0.4 is 0 Å². The Hall–Kier alpha value is -0.120. The summed E-state index contributed by atoms with van der Waals surface area (Å²) in [5.41, 5.74) is -0.0425. The molecule has 0 heterocycles. The van der Waals surface area contributed by atoms with Gasteiger partial charge in [0.2, 0.25) is 0 Å². The molecule has 0 aliphatic rings. The lowest BCUT2D eigenvalue weighted by Gasteiger charge is -2.40. The summed E-state index contributed by atoms with van der Waals surface area (Å²) >= 11 is 0. The molecular weight excluding hydrogens is 324 g/mol. The smallest absolute Gasteiger partial charge is 0.0655 e. The van der Waals surface area contributed by atoms with Gasteiger partial charge in [0.25, 0.3) is 0 Å². The minimum atomic E-state index is -0.178. The second-order valence-electron chi connectivity index (χ2n) is 10.7. The molecule has 0 fully saturated rings. The van der Waals surface area contributed by atoms with Gasteiger partial charge in [0.05, 0.1) is 23.4 Å². The van der Waals surface area contributed by atoms with Gasteiger partial charge >= 0.3 is 0 Å². The van der Waals surface area contributed by atoms with Crippen molar-refractivity contribution >= 4 is 0 Å². The van der Waals surface area contributed by atoms with E-state index in [0.717, 1.165) is 38.9 Å². The van der Waals surface area contributed by atoms with Crippen LogP contribution in [0.25, 0.3) is 0 Å². The van der Waals surface area contributed by atoms with Crippen LogP contribution >= 0.6 is 0 Å². The minimum absolute atomic E-state index is 0.128. The standard InChI is InChI=1S/C23H48O3/c1-18(2)24-15-12-13-19(3)20(4)25-16-14-22(8,9)26-23(10,11)17-21(5,6)7/h18-20H,12-17H2,1-11H3. The van der Waals surface area contributed by atoms with Crippen LogP contribution in [0.3, 0.4) is 0 Å². The lowest BCUT2D eigenvalue weighted by molar-refractivity contribution is -0.148. The Morgan fingerprint density at radius 1 is 0.731 bits per heavy atom. The molecule has 0 aromatic heterocycles. The summed E-state index contributed by atoms with van der Waals surface area (Å²) in [5, 5.41) is 0. The number of hydrogen-bond donors (Lipinski definition) is 0.